The molecular weight excluding hydrogens is 342 g/mol. The number of urea groups is 1. The fraction of sp³-hybridized carbons (Fsp3) is 0.412. The topological polar surface area (TPSA) is 97.4 Å². The average molecular weight is 363 g/mol. The number of amides is 3. The Morgan fingerprint density at radius 1 is 1.20 bits per heavy atom. The number of esters is 1. The summed E-state index contributed by atoms with van der Waals surface area (Å²) in [5.41, 5.74) is 0.443. The maximum atomic E-state index is 11.7. The van der Waals surface area contributed by atoms with Crippen LogP contribution in [0.15, 0.2) is 24.3 Å². The second-order valence-corrected chi connectivity index (χ2v) is 7.60. The number of nitrogens with zero attached hydrogens (tertiary/aromatic N) is 1. The van der Waals surface area contributed by atoms with Gasteiger partial charge in [-0.2, -0.15) is 0 Å². The third kappa shape index (κ3) is 6.50. The summed E-state index contributed by atoms with van der Waals surface area (Å²) >= 11 is 1.53. The first kappa shape index (κ1) is 18.9. The van der Waals surface area contributed by atoms with E-state index < -0.39 is 30.1 Å². The molecule has 2 N–H and O–H groups in total. The monoisotopic (exact) mass is 363 g/mol. The van der Waals surface area contributed by atoms with Crippen LogP contribution in [-0.2, 0) is 20.7 Å². The minimum atomic E-state index is -0.671. The first-order chi connectivity index (χ1) is 11.7. The van der Waals surface area contributed by atoms with Gasteiger partial charge in [-0.3, -0.25) is 14.9 Å². The number of benzene rings is 1. The van der Waals surface area contributed by atoms with Crippen LogP contribution in [0.5, 0.6) is 0 Å². The van der Waals surface area contributed by atoms with Crippen LogP contribution >= 0.6 is 11.3 Å². The standard InChI is InChI=1S/C17H21N3O4S/c1-17(2,3)20-16(23)19-13(21)10-24-15(22)9-8-14-18-11-6-4-5-7-12(11)25-14/h4-7H,8-10H2,1-3H3,(H2,19,20,21,23). The Bertz CT molecular complexity index is 747. The van der Waals surface area contributed by atoms with Gasteiger partial charge in [0.05, 0.1) is 21.6 Å². The Morgan fingerprint density at radius 2 is 1.92 bits per heavy atom. The van der Waals surface area contributed by atoms with Crippen molar-refractivity contribution in [1.82, 2.24) is 15.6 Å². The zero-order valence-electron chi connectivity index (χ0n) is 14.4. The molecule has 0 spiro atoms. The van der Waals surface area contributed by atoms with E-state index in [0.717, 1.165) is 15.2 Å². The lowest BCUT2D eigenvalue weighted by molar-refractivity contribution is -0.148. The van der Waals surface area contributed by atoms with Gasteiger partial charge in [-0.1, -0.05) is 12.1 Å². The molecule has 0 bridgehead atoms. The summed E-state index contributed by atoms with van der Waals surface area (Å²) in [4.78, 5) is 39.3. The van der Waals surface area contributed by atoms with E-state index in [1.807, 2.05) is 24.3 Å². The van der Waals surface area contributed by atoms with E-state index in [-0.39, 0.29) is 6.42 Å². The molecule has 0 aliphatic carbocycles. The van der Waals surface area contributed by atoms with Crippen molar-refractivity contribution >= 4 is 39.5 Å². The number of hydrogen-bond acceptors (Lipinski definition) is 6. The van der Waals surface area contributed by atoms with E-state index in [9.17, 15) is 14.4 Å². The first-order valence-corrected chi connectivity index (χ1v) is 8.67. The number of aromatic nitrogens is 1. The predicted octanol–water partition coefficient (Wildman–Crippen LogP) is 2.40. The molecule has 3 amide bonds. The highest BCUT2D eigenvalue weighted by Crippen LogP contribution is 2.22. The lowest BCUT2D eigenvalue weighted by Gasteiger charge is -2.20. The van der Waals surface area contributed by atoms with Crippen molar-refractivity contribution in [3.05, 3.63) is 29.3 Å². The number of thiazole rings is 1. The van der Waals surface area contributed by atoms with Crippen LogP contribution in [-0.4, -0.2) is 35.0 Å². The Labute approximate surface area is 149 Å². The lowest BCUT2D eigenvalue weighted by atomic mass is 10.1. The first-order valence-electron chi connectivity index (χ1n) is 7.85. The fourth-order valence-corrected chi connectivity index (χ4v) is 2.96. The van der Waals surface area contributed by atoms with E-state index >= 15 is 0 Å². The lowest BCUT2D eigenvalue weighted by Crippen LogP contribution is -2.49. The van der Waals surface area contributed by atoms with Gasteiger partial charge in [-0.15, -0.1) is 11.3 Å². The number of nitrogens with one attached hydrogen (secondary N) is 2. The second kappa shape index (κ2) is 8.06. The molecule has 7 nitrogen and oxygen atoms in total. The van der Waals surface area contributed by atoms with Crippen molar-refractivity contribution in [1.29, 1.82) is 0 Å². The molecule has 8 heteroatoms. The van der Waals surface area contributed by atoms with Crippen LogP contribution in [0.2, 0.25) is 0 Å². The molecule has 25 heavy (non-hydrogen) atoms. The number of para-hydroxylation sites is 1. The van der Waals surface area contributed by atoms with Crippen LogP contribution in [0.4, 0.5) is 4.79 Å². The Morgan fingerprint density at radius 3 is 2.60 bits per heavy atom. The summed E-state index contributed by atoms with van der Waals surface area (Å²) in [6.07, 6.45) is 0.575. The van der Waals surface area contributed by atoms with Crippen LogP contribution in [0.1, 0.15) is 32.2 Å². The minimum absolute atomic E-state index is 0.126. The fourth-order valence-electron chi connectivity index (χ4n) is 1.99. The predicted molar refractivity (Wildman–Crippen MR) is 95.3 cm³/mol. The summed E-state index contributed by atoms with van der Waals surface area (Å²) in [5.74, 6) is -1.18. The van der Waals surface area contributed by atoms with E-state index in [1.54, 1.807) is 20.8 Å². The van der Waals surface area contributed by atoms with Crippen LogP contribution in [0.25, 0.3) is 10.2 Å². The van der Waals surface area contributed by atoms with Gasteiger partial charge >= 0.3 is 12.0 Å². The average Bonchev–Trinajstić information content (AvgIpc) is 2.91. The largest absolute Gasteiger partial charge is 0.456 e. The summed E-state index contributed by atoms with van der Waals surface area (Å²) in [7, 11) is 0. The maximum absolute atomic E-state index is 11.7. The molecule has 1 heterocycles. The van der Waals surface area contributed by atoms with Crippen LogP contribution < -0.4 is 10.6 Å². The number of carbonyl (C=O) groups excluding carboxylic acids is 3. The molecule has 1 aromatic heterocycles. The van der Waals surface area contributed by atoms with Gasteiger partial charge in [-0.25, -0.2) is 9.78 Å². The van der Waals surface area contributed by atoms with Gasteiger partial charge in [-0.05, 0) is 32.9 Å². The van der Waals surface area contributed by atoms with Crippen molar-refractivity contribution < 1.29 is 19.1 Å². The zero-order chi connectivity index (χ0) is 18.4. The van der Waals surface area contributed by atoms with Gasteiger partial charge in [0.25, 0.3) is 5.91 Å². The molecule has 0 saturated carbocycles. The highest BCUT2D eigenvalue weighted by Gasteiger charge is 2.16. The van der Waals surface area contributed by atoms with E-state index in [1.165, 1.54) is 11.3 Å². The van der Waals surface area contributed by atoms with E-state index in [4.69, 9.17) is 4.74 Å². The van der Waals surface area contributed by atoms with Gasteiger partial charge in [0, 0.05) is 12.0 Å². The molecular formula is C17H21N3O4S. The van der Waals surface area contributed by atoms with Crippen molar-refractivity contribution in [2.24, 2.45) is 0 Å². The Balaban J connectivity index is 1.71. The molecule has 2 rings (SSSR count). The molecule has 0 fully saturated rings. The number of hydrogen-bond donors (Lipinski definition) is 2. The molecule has 0 aliphatic rings. The summed E-state index contributed by atoms with van der Waals surface area (Å²) < 4.78 is 5.94. The molecule has 0 saturated heterocycles. The smallest absolute Gasteiger partial charge is 0.321 e. The van der Waals surface area contributed by atoms with Gasteiger partial charge in [0.2, 0.25) is 0 Å². The molecule has 2 aromatic rings. The zero-order valence-corrected chi connectivity index (χ0v) is 15.2. The molecule has 0 aliphatic heterocycles. The Kier molecular flexibility index (Phi) is 6.08. The molecule has 0 atom stereocenters. The van der Waals surface area contributed by atoms with Crippen molar-refractivity contribution in [2.45, 2.75) is 39.2 Å². The summed E-state index contributed by atoms with van der Waals surface area (Å²) in [5, 5.41) is 5.53. The van der Waals surface area contributed by atoms with Crippen molar-refractivity contribution in [3.63, 3.8) is 0 Å². The number of carbonyl (C=O) groups is 3. The summed E-state index contributed by atoms with van der Waals surface area (Å²) in [6, 6.07) is 7.12. The quantitative estimate of drug-likeness (QED) is 0.795. The van der Waals surface area contributed by atoms with Gasteiger partial charge in [0.15, 0.2) is 6.61 Å². The van der Waals surface area contributed by atoms with E-state index in [0.29, 0.717) is 6.42 Å². The second-order valence-electron chi connectivity index (χ2n) is 6.49. The normalized spacial score (nSPS) is 11.2. The minimum Gasteiger partial charge on any atom is -0.456 e. The third-order valence-corrected chi connectivity index (χ3v) is 4.08. The third-order valence-electron chi connectivity index (χ3n) is 2.99. The SMILES string of the molecule is CC(C)(C)NC(=O)NC(=O)COC(=O)CCc1nc2ccccc2s1. The number of imide groups is 1. The molecule has 0 unspecified atom stereocenters. The number of rotatable bonds is 5. The highest BCUT2D eigenvalue weighted by molar-refractivity contribution is 7.18. The van der Waals surface area contributed by atoms with E-state index in [2.05, 4.69) is 15.6 Å². The van der Waals surface area contributed by atoms with Gasteiger partial charge < -0.3 is 10.1 Å². The van der Waals surface area contributed by atoms with Gasteiger partial charge in [0.1, 0.15) is 0 Å². The van der Waals surface area contributed by atoms with Crippen molar-refractivity contribution in [3.8, 4) is 0 Å². The van der Waals surface area contributed by atoms with Crippen molar-refractivity contribution in [2.75, 3.05) is 6.61 Å². The number of fused-ring (bicyclic) bond motifs is 1. The number of ether oxygens (including phenoxy) is 1. The molecule has 0 radical (unpaired) electrons. The van der Waals surface area contributed by atoms with Crippen LogP contribution in [0, 0.1) is 0 Å². The maximum Gasteiger partial charge on any atom is 0.321 e. The molecule has 1 aromatic carbocycles. The highest BCUT2D eigenvalue weighted by atomic mass is 32.1. The Hall–Kier alpha value is -2.48. The number of aryl methyl sites for hydroxylation is 1. The van der Waals surface area contributed by atoms with Crippen LogP contribution in [0.3, 0.4) is 0 Å². The summed E-state index contributed by atoms with van der Waals surface area (Å²) in [6.45, 7) is 4.88. The molecule has 134 valence electrons.